The average Bonchev–Trinajstić information content (AvgIpc) is 2.30. The molecule has 0 bridgehead atoms. The highest BCUT2D eigenvalue weighted by Gasteiger charge is 2.39. The van der Waals surface area contributed by atoms with Crippen LogP contribution in [0.2, 0.25) is 6.04 Å². The minimum atomic E-state index is -2.42. The van der Waals surface area contributed by atoms with Gasteiger partial charge in [-0.3, -0.25) is 0 Å². The van der Waals surface area contributed by atoms with Crippen LogP contribution in [-0.4, -0.2) is 28.6 Å². The van der Waals surface area contributed by atoms with Crippen molar-refractivity contribution in [2.75, 3.05) is 19.8 Å². The quantitative estimate of drug-likeness (QED) is 0.418. The molecular weight excluding hydrogens is 232 g/mol. The van der Waals surface area contributed by atoms with Crippen molar-refractivity contribution in [1.82, 2.24) is 0 Å². The summed E-state index contributed by atoms with van der Waals surface area (Å²) in [4.78, 5) is 0. The van der Waals surface area contributed by atoms with Crippen LogP contribution in [0.3, 0.4) is 0 Å². The van der Waals surface area contributed by atoms with Crippen LogP contribution in [0.1, 0.15) is 47.0 Å². The molecule has 0 saturated heterocycles. The van der Waals surface area contributed by atoms with Gasteiger partial charge < -0.3 is 13.3 Å². The molecule has 0 aromatic heterocycles. The highest BCUT2D eigenvalue weighted by atomic mass is 28.4. The van der Waals surface area contributed by atoms with Crippen LogP contribution in [0.25, 0.3) is 0 Å². The molecule has 0 aliphatic carbocycles. The molecule has 0 unspecified atom stereocenters. The van der Waals surface area contributed by atoms with Crippen molar-refractivity contribution in [2.45, 2.75) is 53.0 Å². The molecule has 0 aliphatic heterocycles. The molecule has 0 spiro atoms. The number of rotatable bonds is 11. The van der Waals surface area contributed by atoms with Gasteiger partial charge in [-0.2, -0.15) is 0 Å². The van der Waals surface area contributed by atoms with E-state index in [1.165, 1.54) is 5.57 Å². The predicted octanol–water partition coefficient (Wildman–Crippen LogP) is 3.78. The summed E-state index contributed by atoms with van der Waals surface area (Å²) in [7, 11) is -2.42. The minimum Gasteiger partial charge on any atom is -0.374 e. The summed E-state index contributed by atoms with van der Waals surface area (Å²) in [5.74, 6) is 0. The van der Waals surface area contributed by atoms with Crippen LogP contribution < -0.4 is 0 Å². The van der Waals surface area contributed by atoms with E-state index in [1.54, 1.807) is 0 Å². The second kappa shape index (κ2) is 9.83. The minimum absolute atomic E-state index is 0.654. The molecule has 4 heteroatoms. The van der Waals surface area contributed by atoms with Crippen molar-refractivity contribution in [2.24, 2.45) is 0 Å². The Morgan fingerprint density at radius 1 is 0.941 bits per heavy atom. The van der Waals surface area contributed by atoms with Crippen LogP contribution in [-0.2, 0) is 13.3 Å². The molecule has 0 fully saturated rings. The lowest BCUT2D eigenvalue weighted by molar-refractivity contribution is 0.0708. The molecule has 0 aliphatic rings. The van der Waals surface area contributed by atoms with Crippen molar-refractivity contribution < 1.29 is 13.3 Å². The first kappa shape index (κ1) is 16.8. The molecule has 0 amide bonds. The second-order valence-electron chi connectivity index (χ2n) is 3.94. The van der Waals surface area contributed by atoms with Crippen LogP contribution in [0, 0.1) is 0 Å². The zero-order chi connectivity index (χ0) is 13.1. The van der Waals surface area contributed by atoms with Gasteiger partial charge in [0, 0.05) is 25.9 Å². The molecular formula is C13H28O3Si. The Morgan fingerprint density at radius 3 is 1.76 bits per heavy atom. The third-order valence-corrected chi connectivity index (χ3v) is 5.76. The molecule has 0 saturated carbocycles. The maximum atomic E-state index is 5.79. The summed E-state index contributed by atoms with van der Waals surface area (Å²) in [6, 6.07) is 0.890. The van der Waals surface area contributed by atoms with Gasteiger partial charge in [0.15, 0.2) is 0 Å². The van der Waals surface area contributed by atoms with E-state index >= 15 is 0 Å². The molecule has 0 atom stereocenters. The number of hydrogen-bond donors (Lipinski definition) is 0. The topological polar surface area (TPSA) is 27.7 Å². The fourth-order valence-electron chi connectivity index (χ4n) is 1.73. The van der Waals surface area contributed by atoms with Gasteiger partial charge in [-0.05, 0) is 40.0 Å². The lowest BCUT2D eigenvalue weighted by Crippen LogP contribution is -2.45. The van der Waals surface area contributed by atoms with E-state index in [-0.39, 0.29) is 0 Å². The highest BCUT2D eigenvalue weighted by Crippen LogP contribution is 2.21. The van der Waals surface area contributed by atoms with Gasteiger partial charge in [0.1, 0.15) is 0 Å². The zero-order valence-electron chi connectivity index (χ0n) is 11.9. The largest absolute Gasteiger partial charge is 0.500 e. The van der Waals surface area contributed by atoms with Crippen molar-refractivity contribution >= 4 is 8.80 Å². The molecule has 0 N–H and O–H groups in total. The molecule has 0 heterocycles. The molecule has 0 aromatic rings. The van der Waals surface area contributed by atoms with Gasteiger partial charge in [0.2, 0.25) is 0 Å². The van der Waals surface area contributed by atoms with Crippen LogP contribution in [0.4, 0.5) is 0 Å². The predicted molar refractivity (Wildman–Crippen MR) is 74.1 cm³/mol. The highest BCUT2D eigenvalue weighted by molar-refractivity contribution is 6.60. The fraction of sp³-hybridized carbons (Fsp3) is 0.846. The van der Waals surface area contributed by atoms with Crippen molar-refractivity contribution in [1.29, 1.82) is 0 Å². The first-order chi connectivity index (χ1) is 8.14. The van der Waals surface area contributed by atoms with E-state index < -0.39 is 8.80 Å². The maximum absolute atomic E-state index is 5.79. The van der Waals surface area contributed by atoms with Gasteiger partial charge >= 0.3 is 8.80 Å². The molecule has 0 rings (SSSR count). The van der Waals surface area contributed by atoms with E-state index in [9.17, 15) is 0 Å². The summed E-state index contributed by atoms with van der Waals surface area (Å²) in [5, 5.41) is 0. The van der Waals surface area contributed by atoms with E-state index in [0.29, 0.717) is 19.8 Å². The van der Waals surface area contributed by atoms with E-state index in [1.807, 2.05) is 20.8 Å². The van der Waals surface area contributed by atoms with Gasteiger partial charge in [-0.15, -0.1) is 0 Å². The Balaban J connectivity index is 4.27. The Hall–Kier alpha value is -0.163. The van der Waals surface area contributed by atoms with Gasteiger partial charge in [0.25, 0.3) is 0 Å². The second-order valence-corrected chi connectivity index (χ2v) is 6.67. The van der Waals surface area contributed by atoms with Crippen LogP contribution in [0.15, 0.2) is 12.2 Å². The number of allylic oxidation sites excluding steroid dienone is 1. The van der Waals surface area contributed by atoms with E-state index in [4.69, 9.17) is 13.3 Å². The smallest absolute Gasteiger partial charge is 0.374 e. The molecule has 0 radical (unpaired) electrons. The summed E-state index contributed by atoms with van der Waals surface area (Å²) >= 11 is 0. The molecule has 0 aromatic carbocycles. The molecule has 102 valence electrons. The lowest BCUT2D eigenvalue weighted by atomic mass is 10.1. The maximum Gasteiger partial charge on any atom is 0.500 e. The first-order valence-corrected chi connectivity index (χ1v) is 8.65. The standard InChI is InChI=1S/C13H28O3Si/c1-6-13(5)11-10-12-17(14-7-2,15-8-3)16-9-4/h5-12H2,1-4H3. The van der Waals surface area contributed by atoms with Gasteiger partial charge in [-0.25, -0.2) is 0 Å². The zero-order valence-corrected chi connectivity index (χ0v) is 12.9. The van der Waals surface area contributed by atoms with Gasteiger partial charge in [0.05, 0.1) is 0 Å². The Morgan fingerprint density at radius 2 is 1.41 bits per heavy atom. The third kappa shape index (κ3) is 6.98. The Labute approximate surface area is 108 Å². The molecule has 17 heavy (non-hydrogen) atoms. The van der Waals surface area contributed by atoms with Crippen molar-refractivity contribution in [3.63, 3.8) is 0 Å². The lowest BCUT2D eigenvalue weighted by Gasteiger charge is -2.28. The monoisotopic (exact) mass is 260 g/mol. The summed E-state index contributed by atoms with van der Waals surface area (Å²) in [5.41, 5.74) is 1.29. The summed E-state index contributed by atoms with van der Waals surface area (Å²) in [6.45, 7) is 14.1. The molecule has 3 nitrogen and oxygen atoms in total. The van der Waals surface area contributed by atoms with Crippen LogP contribution >= 0.6 is 0 Å². The Kier molecular flexibility index (Phi) is 9.73. The number of hydrogen-bond acceptors (Lipinski definition) is 3. The van der Waals surface area contributed by atoms with Crippen molar-refractivity contribution in [3.05, 3.63) is 12.2 Å². The summed E-state index contributed by atoms with van der Waals surface area (Å²) < 4.78 is 17.4. The SMILES string of the molecule is C=C(CC)CCC[Si](OCC)(OCC)OCC. The first-order valence-electron chi connectivity index (χ1n) is 6.72. The Bertz CT molecular complexity index is 190. The summed E-state index contributed by atoms with van der Waals surface area (Å²) in [6.07, 6.45) is 3.13. The normalized spacial score (nSPS) is 11.8. The fourth-order valence-corrected chi connectivity index (χ4v) is 4.35. The van der Waals surface area contributed by atoms with E-state index in [0.717, 1.165) is 25.3 Å². The average molecular weight is 260 g/mol. The van der Waals surface area contributed by atoms with E-state index in [2.05, 4.69) is 13.5 Å². The third-order valence-electron chi connectivity index (χ3n) is 2.61. The van der Waals surface area contributed by atoms with Crippen molar-refractivity contribution in [3.8, 4) is 0 Å². The van der Waals surface area contributed by atoms with Gasteiger partial charge in [-0.1, -0.05) is 19.1 Å². The van der Waals surface area contributed by atoms with Crippen LogP contribution in [0.5, 0.6) is 0 Å².